The van der Waals surface area contributed by atoms with E-state index in [2.05, 4.69) is 89.8 Å². The zero-order chi connectivity index (χ0) is 23.9. The van der Waals surface area contributed by atoms with E-state index in [0.717, 1.165) is 18.3 Å². The minimum atomic E-state index is 0.348. The highest BCUT2D eigenvalue weighted by atomic mass is 14.6. The molecule has 182 valence electrons. The number of rotatable bonds is 10. The van der Waals surface area contributed by atoms with Gasteiger partial charge in [0.15, 0.2) is 0 Å². The molecule has 0 bridgehead atoms. The second-order valence-electron chi connectivity index (χ2n) is 11.5. The number of allylic oxidation sites excluding steroid dienone is 11. The van der Waals surface area contributed by atoms with Crippen LogP contribution in [0.3, 0.4) is 0 Å². The van der Waals surface area contributed by atoms with E-state index >= 15 is 0 Å². The summed E-state index contributed by atoms with van der Waals surface area (Å²) < 4.78 is 0. The summed E-state index contributed by atoms with van der Waals surface area (Å²) in [6, 6.07) is 0. The fourth-order valence-electron chi connectivity index (χ4n) is 7.30. The lowest BCUT2D eigenvalue weighted by atomic mass is 9.54. The van der Waals surface area contributed by atoms with Crippen molar-refractivity contribution in [2.45, 2.75) is 105 Å². The maximum Gasteiger partial charge on any atom is -0.00446 e. The predicted molar refractivity (Wildman–Crippen MR) is 147 cm³/mol. The van der Waals surface area contributed by atoms with Crippen LogP contribution in [0.2, 0.25) is 0 Å². The zero-order valence-electron chi connectivity index (χ0n) is 22.3. The average Bonchev–Trinajstić information content (AvgIpc) is 3.05. The molecule has 0 saturated heterocycles. The van der Waals surface area contributed by atoms with Crippen LogP contribution in [0, 0.1) is 28.6 Å². The van der Waals surface area contributed by atoms with E-state index in [4.69, 9.17) is 0 Å². The number of hydrogen-bond acceptors (Lipinski definition) is 0. The maximum atomic E-state index is 4.14. The SMILES string of the molecule is C=CC(/C=C/C1CCC2C3(C)CCC(CCCCC)C=CC3=CCC12C)=C(\C=C/C)CCC. The lowest BCUT2D eigenvalue weighted by Crippen LogP contribution is -2.42. The second kappa shape index (κ2) is 11.7. The van der Waals surface area contributed by atoms with Crippen LogP contribution in [0.4, 0.5) is 0 Å². The highest BCUT2D eigenvalue weighted by Gasteiger charge is 2.55. The van der Waals surface area contributed by atoms with Crippen molar-refractivity contribution in [1.29, 1.82) is 0 Å². The summed E-state index contributed by atoms with van der Waals surface area (Å²) in [5, 5.41) is 0. The minimum Gasteiger partial charge on any atom is -0.0985 e. The molecule has 0 nitrogen and oxygen atoms in total. The summed E-state index contributed by atoms with van der Waals surface area (Å²) in [5.74, 6) is 2.24. The normalized spacial score (nSPS) is 34.7. The predicted octanol–water partition coefficient (Wildman–Crippen LogP) is 10.3. The molecule has 0 spiro atoms. The van der Waals surface area contributed by atoms with Crippen molar-refractivity contribution in [2.75, 3.05) is 0 Å². The Morgan fingerprint density at radius 1 is 1.09 bits per heavy atom. The molecule has 0 radical (unpaired) electrons. The van der Waals surface area contributed by atoms with Crippen LogP contribution in [-0.2, 0) is 0 Å². The zero-order valence-corrected chi connectivity index (χ0v) is 22.3. The second-order valence-corrected chi connectivity index (χ2v) is 11.5. The van der Waals surface area contributed by atoms with Crippen molar-refractivity contribution in [2.24, 2.45) is 28.6 Å². The van der Waals surface area contributed by atoms with Gasteiger partial charge in [0, 0.05) is 0 Å². The third-order valence-corrected chi connectivity index (χ3v) is 9.35. The summed E-state index contributed by atoms with van der Waals surface area (Å²) in [4.78, 5) is 0. The first-order valence-electron chi connectivity index (χ1n) is 14.0. The third-order valence-electron chi connectivity index (χ3n) is 9.35. The van der Waals surface area contributed by atoms with Gasteiger partial charge in [0.25, 0.3) is 0 Å². The van der Waals surface area contributed by atoms with Crippen molar-refractivity contribution in [3.8, 4) is 0 Å². The van der Waals surface area contributed by atoms with E-state index in [1.807, 2.05) is 0 Å². The van der Waals surface area contributed by atoms with Gasteiger partial charge < -0.3 is 0 Å². The highest BCUT2D eigenvalue weighted by Crippen LogP contribution is 2.64. The molecule has 0 aromatic carbocycles. The van der Waals surface area contributed by atoms with Crippen LogP contribution in [0.1, 0.15) is 105 Å². The van der Waals surface area contributed by atoms with E-state index in [1.54, 1.807) is 5.57 Å². The van der Waals surface area contributed by atoms with Crippen molar-refractivity contribution in [3.05, 3.63) is 71.9 Å². The molecule has 5 unspecified atom stereocenters. The molecule has 0 heterocycles. The number of fused-ring (bicyclic) bond motifs is 3. The van der Waals surface area contributed by atoms with Crippen LogP contribution >= 0.6 is 0 Å². The first-order valence-corrected chi connectivity index (χ1v) is 14.0. The van der Waals surface area contributed by atoms with Crippen LogP contribution < -0.4 is 0 Å². The Balaban J connectivity index is 1.80. The van der Waals surface area contributed by atoms with Crippen molar-refractivity contribution in [1.82, 2.24) is 0 Å². The first-order chi connectivity index (χ1) is 15.9. The van der Waals surface area contributed by atoms with Crippen LogP contribution in [0.25, 0.3) is 0 Å². The Labute approximate surface area is 205 Å². The van der Waals surface area contributed by atoms with Gasteiger partial charge in [-0.25, -0.2) is 0 Å². The monoisotopic (exact) mass is 446 g/mol. The molecule has 0 heteroatoms. The molecular weight excluding hydrogens is 396 g/mol. The van der Waals surface area contributed by atoms with Gasteiger partial charge in [-0.15, -0.1) is 0 Å². The molecule has 0 aromatic rings. The number of unbranched alkanes of at least 4 members (excludes halogenated alkanes) is 2. The van der Waals surface area contributed by atoms with Gasteiger partial charge in [-0.2, -0.15) is 0 Å². The third kappa shape index (κ3) is 5.58. The summed E-state index contributed by atoms with van der Waals surface area (Å²) in [5.41, 5.74) is 5.11. The quantitative estimate of drug-likeness (QED) is 0.231. The molecular formula is C33H50. The Bertz CT molecular complexity index is 815. The smallest absolute Gasteiger partial charge is 0.00446 e. The molecule has 5 atom stereocenters. The van der Waals surface area contributed by atoms with Crippen molar-refractivity contribution >= 4 is 0 Å². The van der Waals surface area contributed by atoms with E-state index in [-0.39, 0.29) is 0 Å². The molecule has 3 rings (SSSR count). The number of hydrogen-bond donors (Lipinski definition) is 0. The standard InChI is InChI=1S/C33H50/c1-7-11-12-15-26-16-18-30-23-25-33(6)29(20-21-31(33)32(30,5)24-22-26)19-17-27(10-4)28(13-8-2)14-9-3/h8,10,13,16-19,23,26,29,31H,4,7,9,11-12,14-15,20-22,24-25H2,1-3,5-6H3/b13-8-,19-17+,28-27-. The average molecular weight is 447 g/mol. The van der Waals surface area contributed by atoms with E-state index in [9.17, 15) is 0 Å². The fraction of sp³-hybridized carbons (Fsp3) is 0.636. The van der Waals surface area contributed by atoms with Gasteiger partial charge in [-0.3, -0.25) is 0 Å². The molecule has 3 aliphatic carbocycles. The van der Waals surface area contributed by atoms with Crippen LogP contribution in [0.5, 0.6) is 0 Å². The fourth-order valence-corrected chi connectivity index (χ4v) is 7.30. The van der Waals surface area contributed by atoms with Gasteiger partial charge >= 0.3 is 0 Å². The van der Waals surface area contributed by atoms with Gasteiger partial charge in [0.2, 0.25) is 0 Å². The Kier molecular flexibility index (Phi) is 9.25. The molecule has 0 aliphatic heterocycles. The first kappa shape index (κ1) is 26.1. The molecule has 3 aliphatic rings. The molecule has 1 saturated carbocycles. The Hall–Kier alpha value is -1.56. The maximum absolute atomic E-state index is 4.14. The lowest BCUT2D eigenvalue weighted by molar-refractivity contribution is 0.0636. The van der Waals surface area contributed by atoms with Crippen molar-refractivity contribution in [3.63, 3.8) is 0 Å². The van der Waals surface area contributed by atoms with Crippen LogP contribution in [0.15, 0.2) is 71.9 Å². The van der Waals surface area contributed by atoms with Gasteiger partial charge in [-0.1, -0.05) is 109 Å². The van der Waals surface area contributed by atoms with E-state index < -0.39 is 0 Å². The van der Waals surface area contributed by atoms with Gasteiger partial charge in [0.1, 0.15) is 0 Å². The molecule has 0 aromatic heterocycles. The van der Waals surface area contributed by atoms with Crippen molar-refractivity contribution < 1.29 is 0 Å². The highest BCUT2D eigenvalue weighted by molar-refractivity contribution is 5.41. The molecule has 0 amide bonds. The van der Waals surface area contributed by atoms with Gasteiger partial charge in [0.05, 0.1) is 0 Å². The Morgan fingerprint density at radius 2 is 1.91 bits per heavy atom. The topological polar surface area (TPSA) is 0 Å². The minimum absolute atomic E-state index is 0.348. The van der Waals surface area contributed by atoms with Crippen LogP contribution in [-0.4, -0.2) is 0 Å². The molecule has 1 fully saturated rings. The lowest BCUT2D eigenvalue weighted by Gasteiger charge is -2.50. The summed E-state index contributed by atoms with van der Waals surface area (Å²) in [6.45, 7) is 16.0. The summed E-state index contributed by atoms with van der Waals surface area (Å²) in [6.07, 6.45) is 33.6. The summed E-state index contributed by atoms with van der Waals surface area (Å²) >= 11 is 0. The Morgan fingerprint density at radius 3 is 2.61 bits per heavy atom. The largest absolute Gasteiger partial charge is 0.0985 e. The summed E-state index contributed by atoms with van der Waals surface area (Å²) in [7, 11) is 0. The van der Waals surface area contributed by atoms with E-state index in [1.165, 1.54) is 75.4 Å². The van der Waals surface area contributed by atoms with E-state index in [0.29, 0.717) is 16.7 Å². The van der Waals surface area contributed by atoms with Gasteiger partial charge in [-0.05, 0) is 97.2 Å². The molecule has 0 N–H and O–H groups in total. The molecule has 33 heavy (non-hydrogen) atoms.